The van der Waals surface area contributed by atoms with Crippen LogP contribution >= 0.6 is 11.3 Å². The fraction of sp³-hybridized carbons (Fsp3) is 0.727. The molecule has 0 amide bonds. The quantitative estimate of drug-likeness (QED) is 0.749. The number of ether oxygens (including phenoxy) is 1. The Morgan fingerprint density at radius 2 is 2.43 bits per heavy atom. The number of rotatable bonds is 2. The van der Waals surface area contributed by atoms with Crippen LogP contribution in [0.2, 0.25) is 0 Å². The summed E-state index contributed by atoms with van der Waals surface area (Å²) in [5, 5.41) is 1.27. The minimum atomic E-state index is 0.557. The van der Waals surface area contributed by atoms with E-state index in [1.165, 1.54) is 22.7 Å². The van der Waals surface area contributed by atoms with E-state index in [2.05, 4.69) is 18.8 Å². The van der Waals surface area contributed by atoms with E-state index >= 15 is 0 Å². The summed E-state index contributed by atoms with van der Waals surface area (Å²) in [6.45, 7) is 6.23. The summed E-state index contributed by atoms with van der Waals surface area (Å²) in [6, 6.07) is 0. The second kappa shape index (κ2) is 4.41. The first-order chi connectivity index (χ1) is 6.77. The first-order valence-corrected chi connectivity index (χ1v) is 6.12. The third-order valence-corrected chi connectivity index (χ3v) is 4.08. The molecule has 14 heavy (non-hydrogen) atoms. The molecule has 1 fully saturated rings. The van der Waals surface area contributed by atoms with Gasteiger partial charge in [-0.1, -0.05) is 13.8 Å². The van der Waals surface area contributed by atoms with Crippen molar-refractivity contribution in [2.24, 2.45) is 0 Å². The maximum Gasteiger partial charge on any atom is 0.0981 e. The summed E-state index contributed by atoms with van der Waals surface area (Å²) in [7, 11) is 0. The molecule has 1 unspecified atom stereocenters. The molecule has 1 aromatic heterocycles. The summed E-state index contributed by atoms with van der Waals surface area (Å²) < 4.78 is 5.47. The van der Waals surface area contributed by atoms with Crippen LogP contribution in [0.5, 0.6) is 0 Å². The molecule has 0 N–H and O–H groups in total. The van der Waals surface area contributed by atoms with Crippen LogP contribution in [0, 0.1) is 0 Å². The Labute approximate surface area is 89.3 Å². The second-order valence-electron chi connectivity index (χ2n) is 4.17. The first-order valence-electron chi connectivity index (χ1n) is 5.30. The second-order valence-corrected chi connectivity index (χ2v) is 5.26. The van der Waals surface area contributed by atoms with Crippen molar-refractivity contribution in [3.05, 3.63) is 16.1 Å². The summed E-state index contributed by atoms with van der Waals surface area (Å²) in [4.78, 5) is 5.89. The Hall–Kier alpha value is -0.410. The Kier molecular flexibility index (Phi) is 3.19. The highest BCUT2D eigenvalue weighted by Gasteiger charge is 2.19. The molecule has 2 nitrogen and oxygen atoms in total. The molecule has 1 aliphatic rings. The van der Waals surface area contributed by atoms with Gasteiger partial charge in [-0.25, -0.2) is 4.98 Å². The SMILES string of the molecule is CC(C)c1cnc(C2CCCOC2)s1. The fourth-order valence-corrected chi connectivity index (χ4v) is 2.73. The van der Waals surface area contributed by atoms with Crippen LogP contribution in [0.25, 0.3) is 0 Å². The highest BCUT2D eigenvalue weighted by atomic mass is 32.1. The summed E-state index contributed by atoms with van der Waals surface area (Å²) >= 11 is 1.86. The summed E-state index contributed by atoms with van der Waals surface area (Å²) in [5.74, 6) is 1.16. The van der Waals surface area contributed by atoms with Gasteiger partial charge in [0.05, 0.1) is 11.6 Å². The lowest BCUT2D eigenvalue weighted by Crippen LogP contribution is -2.15. The van der Waals surface area contributed by atoms with Crippen LogP contribution in [-0.2, 0) is 4.74 Å². The maximum atomic E-state index is 5.47. The zero-order valence-electron chi connectivity index (χ0n) is 8.82. The Bertz CT molecular complexity index is 289. The molecule has 1 saturated heterocycles. The molecule has 0 bridgehead atoms. The van der Waals surface area contributed by atoms with Crippen molar-refractivity contribution in [1.29, 1.82) is 0 Å². The number of nitrogens with zero attached hydrogens (tertiary/aromatic N) is 1. The molecular formula is C11H17NOS. The first kappa shape index (κ1) is 10.1. The standard InChI is InChI=1S/C11H17NOS/c1-8(2)10-6-12-11(14-10)9-4-3-5-13-7-9/h6,8-9H,3-5,7H2,1-2H3. The van der Waals surface area contributed by atoms with E-state index in [0.717, 1.165) is 13.2 Å². The number of hydrogen-bond acceptors (Lipinski definition) is 3. The smallest absolute Gasteiger partial charge is 0.0981 e. The van der Waals surface area contributed by atoms with Gasteiger partial charge in [0, 0.05) is 23.6 Å². The van der Waals surface area contributed by atoms with Gasteiger partial charge in [0.15, 0.2) is 0 Å². The van der Waals surface area contributed by atoms with Gasteiger partial charge in [-0.15, -0.1) is 11.3 Å². The summed E-state index contributed by atoms with van der Waals surface area (Å²) in [6.07, 6.45) is 4.45. The molecule has 1 aliphatic heterocycles. The van der Waals surface area contributed by atoms with E-state index in [1.54, 1.807) is 0 Å². The lowest BCUT2D eigenvalue weighted by Gasteiger charge is -2.19. The highest BCUT2D eigenvalue weighted by molar-refractivity contribution is 7.11. The largest absolute Gasteiger partial charge is 0.381 e. The minimum absolute atomic E-state index is 0.557. The Morgan fingerprint density at radius 1 is 1.57 bits per heavy atom. The van der Waals surface area contributed by atoms with Crippen LogP contribution < -0.4 is 0 Å². The third kappa shape index (κ3) is 2.15. The monoisotopic (exact) mass is 211 g/mol. The molecule has 0 saturated carbocycles. The highest BCUT2D eigenvalue weighted by Crippen LogP contribution is 2.31. The Morgan fingerprint density at radius 3 is 3.00 bits per heavy atom. The zero-order chi connectivity index (χ0) is 9.97. The maximum absolute atomic E-state index is 5.47. The van der Waals surface area contributed by atoms with Crippen molar-refractivity contribution in [1.82, 2.24) is 4.98 Å². The molecule has 2 rings (SSSR count). The van der Waals surface area contributed by atoms with Gasteiger partial charge in [-0.05, 0) is 18.8 Å². The summed E-state index contributed by atoms with van der Waals surface area (Å²) in [5.41, 5.74) is 0. The molecule has 0 aliphatic carbocycles. The topological polar surface area (TPSA) is 22.1 Å². The van der Waals surface area contributed by atoms with E-state index in [0.29, 0.717) is 11.8 Å². The van der Waals surface area contributed by atoms with E-state index in [1.807, 2.05) is 17.5 Å². The van der Waals surface area contributed by atoms with Crippen molar-refractivity contribution >= 4 is 11.3 Å². The Balaban J connectivity index is 2.07. The van der Waals surface area contributed by atoms with Crippen LogP contribution in [0.4, 0.5) is 0 Å². The van der Waals surface area contributed by atoms with Gasteiger partial charge in [-0.3, -0.25) is 0 Å². The molecule has 78 valence electrons. The van der Waals surface area contributed by atoms with Gasteiger partial charge in [0.2, 0.25) is 0 Å². The number of thiazole rings is 1. The number of hydrogen-bond donors (Lipinski definition) is 0. The average molecular weight is 211 g/mol. The normalized spacial score (nSPS) is 22.9. The van der Waals surface area contributed by atoms with Crippen LogP contribution in [0.1, 0.15) is 48.4 Å². The molecular weight excluding hydrogens is 194 g/mol. The lowest BCUT2D eigenvalue weighted by atomic mass is 10.0. The molecule has 0 aromatic carbocycles. The number of aromatic nitrogens is 1. The average Bonchev–Trinajstić information content (AvgIpc) is 2.68. The molecule has 2 heterocycles. The van der Waals surface area contributed by atoms with Gasteiger partial charge in [0.1, 0.15) is 0 Å². The van der Waals surface area contributed by atoms with Crippen molar-refractivity contribution in [3.8, 4) is 0 Å². The van der Waals surface area contributed by atoms with Crippen molar-refractivity contribution < 1.29 is 4.74 Å². The van der Waals surface area contributed by atoms with Crippen molar-refractivity contribution in [2.75, 3.05) is 13.2 Å². The third-order valence-electron chi connectivity index (χ3n) is 2.62. The lowest BCUT2D eigenvalue weighted by molar-refractivity contribution is 0.0804. The predicted molar refractivity (Wildman–Crippen MR) is 59.0 cm³/mol. The van der Waals surface area contributed by atoms with Crippen LogP contribution in [-0.4, -0.2) is 18.2 Å². The fourth-order valence-electron chi connectivity index (χ4n) is 1.69. The predicted octanol–water partition coefficient (Wildman–Crippen LogP) is 3.16. The van der Waals surface area contributed by atoms with E-state index in [4.69, 9.17) is 4.74 Å². The molecule has 1 aromatic rings. The van der Waals surface area contributed by atoms with Crippen molar-refractivity contribution in [2.45, 2.75) is 38.5 Å². The van der Waals surface area contributed by atoms with E-state index in [-0.39, 0.29) is 0 Å². The molecule has 0 spiro atoms. The van der Waals surface area contributed by atoms with Gasteiger partial charge in [0.25, 0.3) is 0 Å². The van der Waals surface area contributed by atoms with Gasteiger partial charge >= 0.3 is 0 Å². The molecule has 1 atom stereocenters. The van der Waals surface area contributed by atoms with Crippen molar-refractivity contribution in [3.63, 3.8) is 0 Å². The van der Waals surface area contributed by atoms with Crippen LogP contribution in [0.3, 0.4) is 0 Å². The molecule has 0 radical (unpaired) electrons. The van der Waals surface area contributed by atoms with Gasteiger partial charge < -0.3 is 4.74 Å². The zero-order valence-corrected chi connectivity index (χ0v) is 9.64. The van der Waals surface area contributed by atoms with Gasteiger partial charge in [-0.2, -0.15) is 0 Å². The van der Waals surface area contributed by atoms with E-state index < -0.39 is 0 Å². The van der Waals surface area contributed by atoms with E-state index in [9.17, 15) is 0 Å². The van der Waals surface area contributed by atoms with Crippen LogP contribution in [0.15, 0.2) is 6.20 Å². The molecule has 3 heteroatoms. The minimum Gasteiger partial charge on any atom is -0.381 e.